The SMILES string of the molecule is CCOC(=O)N/C(=C/c1ccccc1)C(=O)OCC. The highest BCUT2D eigenvalue weighted by Crippen LogP contribution is 2.06. The molecule has 0 spiro atoms. The summed E-state index contributed by atoms with van der Waals surface area (Å²) in [5.41, 5.74) is 0.828. The van der Waals surface area contributed by atoms with Crippen molar-refractivity contribution < 1.29 is 19.1 Å². The molecule has 0 saturated carbocycles. The average Bonchev–Trinajstić information content (AvgIpc) is 2.40. The Hall–Kier alpha value is -2.30. The predicted octanol–water partition coefficient (Wildman–Crippen LogP) is 2.34. The van der Waals surface area contributed by atoms with Crippen LogP contribution in [-0.4, -0.2) is 25.3 Å². The molecule has 0 saturated heterocycles. The molecule has 1 rings (SSSR count). The van der Waals surface area contributed by atoms with Crippen molar-refractivity contribution in [3.63, 3.8) is 0 Å². The Kier molecular flexibility index (Phi) is 6.15. The fraction of sp³-hybridized carbons (Fsp3) is 0.286. The van der Waals surface area contributed by atoms with E-state index < -0.39 is 12.1 Å². The standard InChI is InChI=1S/C14H17NO4/c1-3-18-13(16)12(15-14(17)19-4-2)10-11-8-6-5-7-9-11/h5-10H,3-4H2,1-2H3,(H,15,17)/b12-10+. The lowest BCUT2D eigenvalue weighted by molar-refractivity contribution is -0.138. The third-order valence-corrected chi connectivity index (χ3v) is 2.12. The maximum atomic E-state index is 11.7. The van der Waals surface area contributed by atoms with E-state index in [1.807, 2.05) is 30.3 Å². The van der Waals surface area contributed by atoms with Crippen LogP contribution in [0.3, 0.4) is 0 Å². The summed E-state index contributed by atoms with van der Waals surface area (Å²) in [4.78, 5) is 23.1. The zero-order valence-electron chi connectivity index (χ0n) is 11.0. The second-order valence-electron chi connectivity index (χ2n) is 3.53. The number of rotatable bonds is 5. The minimum absolute atomic E-state index is 0.0477. The summed E-state index contributed by atoms with van der Waals surface area (Å²) in [5, 5.41) is 2.38. The number of hydrogen-bond acceptors (Lipinski definition) is 4. The summed E-state index contributed by atoms with van der Waals surface area (Å²) in [6.45, 7) is 3.84. The van der Waals surface area contributed by atoms with E-state index in [9.17, 15) is 9.59 Å². The van der Waals surface area contributed by atoms with Crippen LogP contribution in [0.5, 0.6) is 0 Å². The van der Waals surface area contributed by atoms with Crippen LogP contribution < -0.4 is 5.32 Å². The third kappa shape index (κ3) is 5.25. The van der Waals surface area contributed by atoms with Crippen LogP contribution in [0.4, 0.5) is 4.79 Å². The van der Waals surface area contributed by atoms with E-state index >= 15 is 0 Å². The zero-order valence-corrected chi connectivity index (χ0v) is 11.0. The van der Waals surface area contributed by atoms with Gasteiger partial charge in [-0.2, -0.15) is 0 Å². The molecule has 0 heterocycles. The summed E-state index contributed by atoms with van der Waals surface area (Å²) in [6.07, 6.45) is 0.854. The first-order valence-electron chi connectivity index (χ1n) is 6.05. The van der Waals surface area contributed by atoms with Gasteiger partial charge in [0.1, 0.15) is 5.70 Å². The van der Waals surface area contributed by atoms with Gasteiger partial charge in [0, 0.05) is 0 Å². The Morgan fingerprint density at radius 2 is 1.74 bits per heavy atom. The lowest BCUT2D eigenvalue weighted by Crippen LogP contribution is -2.29. The minimum atomic E-state index is -0.683. The largest absolute Gasteiger partial charge is 0.461 e. The number of esters is 1. The number of hydrogen-bond donors (Lipinski definition) is 1. The van der Waals surface area contributed by atoms with Crippen molar-refractivity contribution in [1.82, 2.24) is 5.32 Å². The molecule has 0 radical (unpaired) electrons. The van der Waals surface area contributed by atoms with Crippen LogP contribution in [-0.2, 0) is 14.3 Å². The van der Waals surface area contributed by atoms with Crippen molar-refractivity contribution in [2.75, 3.05) is 13.2 Å². The number of carbonyl (C=O) groups is 2. The van der Waals surface area contributed by atoms with E-state index in [1.54, 1.807) is 13.8 Å². The topological polar surface area (TPSA) is 64.6 Å². The van der Waals surface area contributed by atoms with Gasteiger partial charge in [0.25, 0.3) is 0 Å². The van der Waals surface area contributed by atoms with Gasteiger partial charge in [0.15, 0.2) is 0 Å². The Morgan fingerprint density at radius 1 is 1.11 bits per heavy atom. The van der Waals surface area contributed by atoms with E-state index in [-0.39, 0.29) is 18.9 Å². The molecule has 1 aromatic rings. The molecule has 1 N–H and O–H groups in total. The molecule has 1 amide bonds. The van der Waals surface area contributed by atoms with E-state index in [2.05, 4.69) is 5.32 Å². The van der Waals surface area contributed by atoms with Crippen molar-refractivity contribution in [2.24, 2.45) is 0 Å². The molecule has 1 aromatic carbocycles. The highest BCUT2D eigenvalue weighted by atomic mass is 16.6. The lowest BCUT2D eigenvalue weighted by Gasteiger charge is -2.09. The Labute approximate surface area is 112 Å². The van der Waals surface area contributed by atoms with Gasteiger partial charge in [-0.15, -0.1) is 0 Å². The van der Waals surface area contributed by atoms with E-state index in [0.29, 0.717) is 0 Å². The first-order valence-corrected chi connectivity index (χ1v) is 6.05. The molecule has 102 valence electrons. The van der Waals surface area contributed by atoms with Crippen LogP contribution in [0.2, 0.25) is 0 Å². The first-order chi connectivity index (χ1) is 9.17. The molecule has 0 unspecified atom stereocenters. The Morgan fingerprint density at radius 3 is 2.32 bits per heavy atom. The summed E-state index contributed by atoms with van der Waals surface area (Å²) in [7, 11) is 0. The van der Waals surface area contributed by atoms with Crippen molar-refractivity contribution in [3.05, 3.63) is 41.6 Å². The first kappa shape index (κ1) is 14.8. The van der Waals surface area contributed by atoms with E-state index in [1.165, 1.54) is 6.08 Å². The molecule has 0 aromatic heterocycles. The van der Waals surface area contributed by atoms with Gasteiger partial charge in [-0.25, -0.2) is 9.59 Å². The van der Waals surface area contributed by atoms with Crippen LogP contribution in [0.15, 0.2) is 36.0 Å². The molecule has 0 bridgehead atoms. The molecule has 0 fully saturated rings. The average molecular weight is 263 g/mol. The summed E-state index contributed by atoms with van der Waals surface area (Å²) >= 11 is 0. The van der Waals surface area contributed by atoms with Gasteiger partial charge in [-0.05, 0) is 25.5 Å². The number of amides is 1. The molecule has 5 heteroatoms. The summed E-state index contributed by atoms with van der Waals surface area (Å²) < 4.78 is 9.62. The molecular weight excluding hydrogens is 246 g/mol. The van der Waals surface area contributed by atoms with Crippen LogP contribution >= 0.6 is 0 Å². The number of ether oxygens (including phenoxy) is 2. The molecule has 0 aliphatic rings. The fourth-order valence-electron chi connectivity index (χ4n) is 1.35. The molecule has 0 aliphatic carbocycles. The Bertz CT molecular complexity index is 454. The lowest BCUT2D eigenvalue weighted by atomic mass is 10.2. The highest BCUT2D eigenvalue weighted by Gasteiger charge is 2.14. The number of carbonyl (C=O) groups excluding carboxylic acids is 2. The quantitative estimate of drug-likeness (QED) is 0.654. The maximum Gasteiger partial charge on any atom is 0.411 e. The number of nitrogens with one attached hydrogen (secondary N) is 1. The number of benzene rings is 1. The monoisotopic (exact) mass is 263 g/mol. The van der Waals surface area contributed by atoms with Gasteiger partial charge < -0.3 is 9.47 Å². The maximum absolute atomic E-state index is 11.7. The molecule has 0 atom stereocenters. The third-order valence-electron chi connectivity index (χ3n) is 2.12. The van der Waals surface area contributed by atoms with Crippen LogP contribution in [0, 0.1) is 0 Å². The van der Waals surface area contributed by atoms with Gasteiger partial charge in [0.2, 0.25) is 0 Å². The molecule has 19 heavy (non-hydrogen) atoms. The van der Waals surface area contributed by atoms with Crippen LogP contribution in [0.25, 0.3) is 6.08 Å². The highest BCUT2D eigenvalue weighted by molar-refractivity contribution is 5.96. The smallest absolute Gasteiger partial charge is 0.411 e. The Balaban J connectivity index is 2.89. The van der Waals surface area contributed by atoms with Crippen molar-refractivity contribution in [3.8, 4) is 0 Å². The summed E-state index contributed by atoms with van der Waals surface area (Å²) in [6, 6.07) is 9.15. The second kappa shape index (κ2) is 7.92. The van der Waals surface area contributed by atoms with E-state index in [0.717, 1.165) is 5.56 Å². The van der Waals surface area contributed by atoms with Gasteiger partial charge in [-0.1, -0.05) is 30.3 Å². The van der Waals surface area contributed by atoms with Crippen molar-refractivity contribution in [1.29, 1.82) is 0 Å². The van der Waals surface area contributed by atoms with Crippen molar-refractivity contribution >= 4 is 18.1 Å². The van der Waals surface area contributed by atoms with E-state index in [4.69, 9.17) is 9.47 Å². The molecule has 5 nitrogen and oxygen atoms in total. The van der Waals surface area contributed by atoms with Crippen molar-refractivity contribution in [2.45, 2.75) is 13.8 Å². The van der Waals surface area contributed by atoms with Gasteiger partial charge in [0.05, 0.1) is 13.2 Å². The molecule has 0 aliphatic heterocycles. The predicted molar refractivity (Wildman–Crippen MR) is 71.2 cm³/mol. The van der Waals surface area contributed by atoms with Gasteiger partial charge >= 0.3 is 12.1 Å². The minimum Gasteiger partial charge on any atom is -0.461 e. The van der Waals surface area contributed by atoms with Crippen LogP contribution in [0.1, 0.15) is 19.4 Å². The zero-order chi connectivity index (χ0) is 14.1. The summed E-state index contributed by atoms with van der Waals surface area (Å²) in [5.74, 6) is -0.598. The molecular formula is C14H17NO4. The van der Waals surface area contributed by atoms with Gasteiger partial charge in [-0.3, -0.25) is 5.32 Å². The normalized spacial score (nSPS) is 10.7. The number of alkyl carbamates (subject to hydrolysis) is 1. The fourth-order valence-corrected chi connectivity index (χ4v) is 1.35. The second-order valence-corrected chi connectivity index (χ2v) is 3.53.